The first kappa shape index (κ1) is 14.6. The van der Waals surface area contributed by atoms with Crippen LogP contribution in [0.25, 0.3) is 0 Å². The van der Waals surface area contributed by atoms with Crippen LogP contribution in [0.3, 0.4) is 0 Å². The standard InChI is InChI=1S/C12H13BrClFN2O2/c13-7-5-8(17-6-1-3-19-4-2-6)9(12(16)18)11(15)10(7)14/h5-6,17H,1-4H2,(H2,16,18). The van der Waals surface area contributed by atoms with Crippen molar-refractivity contribution in [1.29, 1.82) is 0 Å². The summed E-state index contributed by atoms with van der Waals surface area (Å²) in [5, 5.41) is 2.98. The van der Waals surface area contributed by atoms with Gasteiger partial charge in [-0.1, -0.05) is 11.6 Å². The zero-order valence-corrected chi connectivity index (χ0v) is 12.4. The molecule has 3 N–H and O–H groups in total. The second-order valence-corrected chi connectivity index (χ2v) is 5.54. The fourth-order valence-corrected chi connectivity index (χ4v) is 2.56. The Morgan fingerprint density at radius 2 is 2.16 bits per heavy atom. The number of anilines is 1. The number of hydrogen-bond donors (Lipinski definition) is 2. The Kier molecular flexibility index (Phi) is 4.65. The lowest BCUT2D eigenvalue weighted by atomic mass is 10.1. The van der Waals surface area contributed by atoms with Crippen molar-refractivity contribution in [2.24, 2.45) is 5.73 Å². The van der Waals surface area contributed by atoms with E-state index in [4.69, 9.17) is 22.1 Å². The van der Waals surface area contributed by atoms with Gasteiger partial charge in [0.1, 0.15) is 0 Å². The zero-order chi connectivity index (χ0) is 14.0. The minimum atomic E-state index is -0.846. The van der Waals surface area contributed by atoms with Crippen molar-refractivity contribution in [3.63, 3.8) is 0 Å². The van der Waals surface area contributed by atoms with E-state index in [1.54, 1.807) is 6.07 Å². The number of carbonyl (C=O) groups is 1. The molecule has 104 valence electrons. The molecule has 19 heavy (non-hydrogen) atoms. The molecule has 1 amide bonds. The second kappa shape index (κ2) is 6.07. The first-order chi connectivity index (χ1) is 9.00. The molecule has 1 heterocycles. The Morgan fingerprint density at radius 3 is 2.74 bits per heavy atom. The Morgan fingerprint density at radius 1 is 1.53 bits per heavy atom. The summed E-state index contributed by atoms with van der Waals surface area (Å²) in [4.78, 5) is 11.4. The molecule has 2 rings (SSSR count). The summed E-state index contributed by atoms with van der Waals surface area (Å²) >= 11 is 8.92. The van der Waals surface area contributed by atoms with E-state index in [1.165, 1.54) is 0 Å². The third kappa shape index (κ3) is 3.19. The molecule has 1 aromatic carbocycles. The number of hydrogen-bond acceptors (Lipinski definition) is 3. The summed E-state index contributed by atoms with van der Waals surface area (Å²) in [6, 6.07) is 1.69. The number of halogens is 3. The highest BCUT2D eigenvalue weighted by Gasteiger charge is 2.22. The van der Waals surface area contributed by atoms with Crippen molar-refractivity contribution in [3.05, 3.63) is 26.9 Å². The summed E-state index contributed by atoms with van der Waals surface area (Å²) in [5.74, 6) is -1.65. The van der Waals surface area contributed by atoms with Crippen LogP contribution < -0.4 is 11.1 Å². The van der Waals surface area contributed by atoms with E-state index in [9.17, 15) is 9.18 Å². The summed E-state index contributed by atoms with van der Waals surface area (Å²) < 4.78 is 19.6. The second-order valence-electron chi connectivity index (χ2n) is 4.30. The van der Waals surface area contributed by atoms with Crippen LogP contribution in [0, 0.1) is 5.82 Å². The van der Waals surface area contributed by atoms with Crippen molar-refractivity contribution in [2.75, 3.05) is 18.5 Å². The molecule has 1 saturated heterocycles. The number of nitrogens with one attached hydrogen (secondary N) is 1. The van der Waals surface area contributed by atoms with E-state index in [-0.39, 0.29) is 16.6 Å². The summed E-state index contributed by atoms with van der Waals surface area (Å²) in [5.41, 5.74) is 5.37. The molecular formula is C12H13BrClFN2O2. The zero-order valence-electron chi connectivity index (χ0n) is 10.0. The fourth-order valence-electron chi connectivity index (χ4n) is 2.01. The minimum Gasteiger partial charge on any atom is -0.381 e. The topological polar surface area (TPSA) is 64.4 Å². The Hall–Kier alpha value is -0.850. The third-order valence-electron chi connectivity index (χ3n) is 2.99. The monoisotopic (exact) mass is 350 g/mol. The van der Waals surface area contributed by atoms with Gasteiger partial charge in [0.25, 0.3) is 5.91 Å². The Balaban J connectivity index is 2.35. The van der Waals surface area contributed by atoms with Crippen LogP contribution in [-0.2, 0) is 4.74 Å². The number of benzene rings is 1. The van der Waals surface area contributed by atoms with Crippen molar-refractivity contribution in [2.45, 2.75) is 18.9 Å². The highest BCUT2D eigenvalue weighted by molar-refractivity contribution is 9.10. The molecule has 0 unspecified atom stereocenters. The van der Waals surface area contributed by atoms with Gasteiger partial charge in [0.15, 0.2) is 5.82 Å². The van der Waals surface area contributed by atoms with Crippen molar-refractivity contribution in [3.8, 4) is 0 Å². The smallest absolute Gasteiger partial charge is 0.253 e. The van der Waals surface area contributed by atoms with Gasteiger partial charge in [0.2, 0.25) is 0 Å². The van der Waals surface area contributed by atoms with Crippen LogP contribution in [-0.4, -0.2) is 25.2 Å². The van der Waals surface area contributed by atoms with Crippen LogP contribution in [0.5, 0.6) is 0 Å². The van der Waals surface area contributed by atoms with Crippen LogP contribution >= 0.6 is 27.5 Å². The van der Waals surface area contributed by atoms with E-state index in [0.717, 1.165) is 12.8 Å². The van der Waals surface area contributed by atoms with E-state index < -0.39 is 11.7 Å². The van der Waals surface area contributed by atoms with Crippen LogP contribution in [0.2, 0.25) is 5.02 Å². The summed E-state index contributed by atoms with van der Waals surface area (Å²) in [7, 11) is 0. The predicted octanol–water partition coefficient (Wildman–Crippen LogP) is 2.93. The van der Waals surface area contributed by atoms with Crippen LogP contribution in [0.15, 0.2) is 10.5 Å². The van der Waals surface area contributed by atoms with Gasteiger partial charge in [-0.25, -0.2) is 4.39 Å². The van der Waals surface area contributed by atoms with Crippen molar-refractivity contribution >= 4 is 39.1 Å². The number of carbonyl (C=O) groups excluding carboxylic acids is 1. The lowest BCUT2D eigenvalue weighted by Crippen LogP contribution is -2.29. The highest BCUT2D eigenvalue weighted by atomic mass is 79.9. The lowest BCUT2D eigenvalue weighted by Gasteiger charge is -2.25. The average Bonchev–Trinajstić information content (AvgIpc) is 2.37. The van der Waals surface area contributed by atoms with Crippen LogP contribution in [0.4, 0.5) is 10.1 Å². The van der Waals surface area contributed by atoms with Gasteiger partial charge in [-0.3, -0.25) is 4.79 Å². The number of primary amides is 1. The van der Waals surface area contributed by atoms with Gasteiger partial charge in [0.05, 0.1) is 16.3 Å². The molecule has 0 atom stereocenters. The van der Waals surface area contributed by atoms with Gasteiger partial charge >= 0.3 is 0 Å². The predicted molar refractivity (Wildman–Crippen MR) is 75.1 cm³/mol. The lowest BCUT2D eigenvalue weighted by molar-refractivity contribution is 0.0904. The van der Waals surface area contributed by atoms with Gasteiger partial charge in [-0.2, -0.15) is 0 Å². The van der Waals surface area contributed by atoms with Gasteiger partial charge in [-0.15, -0.1) is 0 Å². The molecule has 1 aliphatic heterocycles. The quantitative estimate of drug-likeness (QED) is 0.823. The molecule has 0 saturated carbocycles. The molecular weight excluding hydrogens is 338 g/mol. The molecule has 7 heteroatoms. The van der Waals surface area contributed by atoms with Gasteiger partial charge in [-0.05, 0) is 34.8 Å². The number of amides is 1. The minimum absolute atomic E-state index is 0.124. The van der Waals surface area contributed by atoms with Crippen molar-refractivity contribution in [1.82, 2.24) is 0 Å². The highest BCUT2D eigenvalue weighted by Crippen LogP contribution is 2.33. The molecule has 0 spiro atoms. The summed E-state index contributed by atoms with van der Waals surface area (Å²) in [6.45, 7) is 1.28. The number of ether oxygens (including phenoxy) is 1. The average molecular weight is 352 g/mol. The van der Waals surface area contributed by atoms with Crippen molar-refractivity contribution < 1.29 is 13.9 Å². The van der Waals surface area contributed by atoms with Gasteiger partial charge < -0.3 is 15.8 Å². The maximum Gasteiger partial charge on any atom is 0.253 e. The van der Waals surface area contributed by atoms with Gasteiger partial charge in [0, 0.05) is 23.7 Å². The first-order valence-corrected chi connectivity index (χ1v) is 6.99. The molecule has 0 bridgehead atoms. The Labute approximate surface area is 123 Å². The number of rotatable bonds is 3. The summed E-state index contributed by atoms with van der Waals surface area (Å²) in [6.07, 6.45) is 1.58. The van der Waals surface area contributed by atoms with E-state index in [0.29, 0.717) is 23.4 Å². The maximum absolute atomic E-state index is 14.0. The molecule has 0 aliphatic carbocycles. The molecule has 4 nitrogen and oxygen atoms in total. The molecule has 1 fully saturated rings. The molecule has 0 aromatic heterocycles. The largest absolute Gasteiger partial charge is 0.381 e. The van der Waals surface area contributed by atoms with E-state index >= 15 is 0 Å². The normalized spacial score (nSPS) is 16.4. The number of nitrogens with two attached hydrogens (primary N) is 1. The maximum atomic E-state index is 14.0. The van der Waals surface area contributed by atoms with E-state index in [1.807, 2.05) is 0 Å². The molecule has 0 radical (unpaired) electrons. The Bertz CT molecular complexity index is 507. The van der Waals surface area contributed by atoms with E-state index in [2.05, 4.69) is 21.2 Å². The fraction of sp³-hybridized carbons (Fsp3) is 0.417. The SMILES string of the molecule is NC(=O)c1c(NC2CCOCC2)cc(Br)c(Cl)c1F. The molecule has 1 aromatic rings. The van der Waals surface area contributed by atoms with Crippen LogP contribution in [0.1, 0.15) is 23.2 Å². The third-order valence-corrected chi connectivity index (χ3v) is 4.21. The molecule has 1 aliphatic rings. The first-order valence-electron chi connectivity index (χ1n) is 5.82.